The average molecular weight is 659 g/mol. The van der Waals surface area contributed by atoms with Crippen molar-refractivity contribution >= 4 is 5.97 Å². The Bertz CT molecular complexity index is 1170. The number of carbonyl (C=O) groups is 1. The van der Waals surface area contributed by atoms with Crippen LogP contribution in [0.5, 0.6) is 0 Å². The summed E-state index contributed by atoms with van der Waals surface area (Å²) in [5.41, 5.74) is -0.703. The molecule has 0 radical (unpaired) electrons. The standard InChI is InChI=1S/C43H62O5/c1-3-5-6-7-8-9-10-11-12-13-14-15-16-26-33-42(48,34-35(4-2)41(46)47)39(44)40(45)43(36-27-20-17-21-28-36,37-29-22-18-23-30-37)38-31-24-19-25-32-38/h17-25,27-32,35,39-40,44-45,48H,3-16,26,33-34H2,1-2H3,(H,46,47). The predicted molar refractivity (Wildman–Crippen MR) is 197 cm³/mol. The molecule has 4 atom stereocenters. The molecule has 5 heteroatoms. The molecule has 0 saturated carbocycles. The van der Waals surface area contributed by atoms with Crippen molar-refractivity contribution < 1.29 is 25.2 Å². The van der Waals surface area contributed by atoms with Gasteiger partial charge in [0.05, 0.1) is 16.9 Å². The van der Waals surface area contributed by atoms with Crippen molar-refractivity contribution in [2.75, 3.05) is 0 Å². The summed E-state index contributed by atoms with van der Waals surface area (Å²) in [6, 6.07) is 28.8. The Kier molecular flexibility index (Phi) is 17.4. The van der Waals surface area contributed by atoms with E-state index in [4.69, 9.17) is 0 Å². The zero-order valence-electron chi connectivity index (χ0n) is 29.6. The van der Waals surface area contributed by atoms with Crippen LogP contribution in [0.1, 0.15) is 140 Å². The van der Waals surface area contributed by atoms with Crippen LogP contribution >= 0.6 is 0 Å². The van der Waals surface area contributed by atoms with Crippen molar-refractivity contribution in [2.24, 2.45) is 5.92 Å². The van der Waals surface area contributed by atoms with Gasteiger partial charge >= 0.3 is 5.97 Å². The van der Waals surface area contributed by atoms with Crippen molar-refractivity contribution in [3.8, 4) is 0 Å². The van der Waals surface area contributed by atoms with E-state index in [0.717, 1.165) is 36.0 Å². The van der Waals surface area contributed by atoms with E-state index < -0.39 is 35.1 Å². The van der Waals surface area contributed by atoms with E-state index in [1.165, 1.54) is 64.2 Å². The molecule has 5 nitrogen and oxygen atoms in total. The first-order valence-electron chi connectivity index (χ1n) is 18.8. The van der Waals surface area contributed by atoms with E-state index in [9.17, 15) is 25.2 Å². The molecule has 4 unspecified atom stereocenters. The molecule has 0 aliphatic carbocycles. The molecule has 0 amide bonds. The van der Waals surface area contributed by atoms with Crippen molar-refractivity contribution in [1.82, 2.24) is 0 Å². The van der Waals surface area contributed by atoms with Crippen LogP contribution < -0.4 is 0 Å². The molecule has 0 aromatic heterocycles. The summed E-state index contributed by atoms with van der Waals surface area (Å²) < 4.78 is 0. The zero-order valence-corrected chi connectivity index (χ0v) is 29.6. The molecule has 264 valence electrons. The molecule has 0 fully saturated rings. The minimum atomic E-state index is -1.81. The fraction of sp³-hybridized carbons (Fsp3) is 0.558. The van der Waals surface area contributed by atoms with Crippen LogP contribution in [0, 0.1) is 5.92 Å². The quantitative estimate of drug-likeness (QED) is 0.0537. The molecule has 0 spiro atoms. The molecule has 0 bridgehead atoms. The number of benzene rings is 3. The first-order valence-corrected chi connectivity index (χ1v) is 18.8. The summed E-state index contributed by atoms with van der Waals surface area (Å²) in [6.45, 7) is 4.04. The molecule has 4 N–H and O–H groups in total. The summed E-state index contributed by atoms with van der Waals surface area (Å²) in [7, 11) is 0. The highest BCUT2D eigenvalue weighted by molar-refractivity contribution is 5.70. The maximum atomic E-state index is 12.5. The lowest BCUT2D eigenvalue weighted by molar-refractivity contribution is -0.162. The molecule has 3 rings (SSSR count). The molecular weight excluding hydrogens is 596 g/mol. The number of aliphatic hydroxyl groups excluding tert-OH is 2. The fourth-order valence-electron chi connectivity index (χ4n) is 7.48. The topological polar surface area (TPSA) is 98.0 Å². The molecule has 48 heavy (non-hydrogen) atoms. The van der Waals surface area contributed by atoms with E-state index in [-0.39, 0.29) is 12.8 Å². The van der Waals surface area contributed by atoms with Gasteiger partial charge in [-0.05, 0) is 36.0 Å². The maximum absolute atomic E-state index is 12.5. The third-order valence-electron chi connectivity index (χ3n) is 10.4. The Labute approximate surface area is 290 Å². The minimum absolute atomic E-state index is 0.135. The minimum Gasteiger partial charge on any atom is -0.481 e. The van der Waals surface area contributed by atoms with Crippen molar-refractivity contribution in [3.63, 3.8) is 0 Å². The largest absolute Gasteiger partial charge is 0.481 e. The fourth-order valence-corrected chi connectivity index (χ4v) is 7.48. The van der Waals surface area contributed by atoms with Crippen molar-refractivity contribution in [3.05, 3.63) is 108 Å². The van der Waals surface area contributed by atoms with Gasteiger partial charge in [-0.15, -0.1) is 0 Å². The number of carboxylic acids is 1. The van der Waals surface area contributed by atoms with E-state index >= 15 is 0 Å². The average Bonchev–Trinajstić information content (AvgIpc) is 3.12. The summed E-state index contributed by atoms with van der Waals surface area (Å²) in [4.78, 5) is 12.2. The first kappa shape index (κ1) is 39.4. The number of hydrogen-bond donors (Lipinski definition) is 4. The first-order chi connectivity index (χ1) is 23.3. The highest BCUT2D eigenvalue weighted by atomic mass is 16.4. The normalized spacial score (nSPS) is 15.0. The van der Waals surface area contributed by atoms with Gasteiger partial charge in [-0.25, -0.2) is 0 Å². The van der Waals surface area contributed by atoms with Crippen molar-refractivity contribution in [2.45, 2.75) is 146 Å². The van der Waals surface area contributed by atoms with E-state index in [0.29, 0.717) is 12.8 Å². The van der Waals surface area contributed by atoms with Gasteiger partial charge in [-0.3, -0.25) is 4.79 Å². The number of rotatable bonds is 25. The number of aliphatic hydroxyl groups is 3. The monoisotopic (exact) mass is 658 g/mol. The maximum Gasteiger partial charge on any atom is 0.306 e. The van der Waals surface area contributed by atoms with Gasteiger partial charge in [0.15, 0.2) is 0 Å². The summed E-state index contributed by atoms with van der Waals surface area (Å²) in [5, 5.41) is 47.0. The van der Waals surface area contributed by atoms with Gasteiger partial charge in [0.25, 0.3) is 0 Å². The Balaban J connectivity index is 1.77. The van der Waals surface area contributed by atoms with E-state index in [1.54, 1.807) is 6.92 Å². The number of aliphatic carboxylic acids is 1. The van der Waals surface area contributed by atoms with Gasteiger partial charge in [0.1, 0.15) is 12.2 Å². The third kappa shape index (κ3) is 11.0. The van der Waals surface area contributed by atoms with Gasteiger partial charge < -0.3 is 20.4 Å². The lowest BCUT2D eigenvalue weighted by atomic mass is 9.62. The highest BCUT2D eigenvalue weighted by Crippen LogP contribution is 2.46. The van der Waals surface area contributed by atoms with Gasteiger partial charge in [0, 0.05) is 0 Å². The van der Waals surface area contributed by atoms with Crippen LogP contribution in [0.4, 0.5) is 0 Å². The predicted octanol–water partition coefficient (Wildman–Crippen LogP) is 9.85. The summed E-state index contributed by atoms with van der Waals surface area (Å²) in [5.74, 6) is -1.85. The third-order valence-corrected chi connectivity index (χ3v) is 10.4. The molecule has 0 saturated heterocycles. The Morgan fingerprint density at radius 2 is 0.917 bits per heavy atom. The number of unbranched alkanes of at least 4 members (excludes halogenated alkanes) is 13. The SMILES string of the molecule is CCCCCCCCCCCCCCCCC(O)(CC(CC)C(=O)O)C(O)C(O)C(c1ccccc1)(c1ccccc1)c1ccccc1. The van der Waals surface area contributed by atoms with Crippen LogP contribution in [-0.4, -0.2) is 44.2 Å². The molecule has 3 aromatic carbocycles. The Morgan fingerprint density at radius 3 is 1.25 bits per heavy atom. The Hall–Kier alpha value is -2.99. The van der Waals surface area contributed by atoms with E-state index in [2.05, 4.69) is 6.92 Å². The molecule has 0 aliphatic rings. The van der Waals surface area contributed by atoms with Gasteiger partial charge in [-0.1, -0.05) is 195 Å². The molecule has 0 aliphatic heterocycles. The second-order valence-corrected chi connectivity index (χ2v) is 13.9. The van der Waals surface area contributed by atoms with Gasteiger partial charge in [-0.2, -0.15) is 0 Å². The molecular formula is C43H62O5. The molecule has 3 aromatic rings. The van der Waals surface area contributed by atoms with Crippen LogP contribution in [0.3, 0.4) is 0 Å². The second-order valence-electron chi connectivity index (χ2n) is 13.9. The second kappa shape index (κ2) is 21.2. The zero-order chi connectivity index (χ0) is 34.7. The van der Waals surface area contributed by atoms with Gasteiger partial charge in [0.2, 0.25) is 0 Å². The van der Waals surface area contributed by atoms with Crippen molar-refractivity contribution in [1.29, 1.82) is 0 Å². The van der Waals surface area contributed by atoms with E-state index in [1.807, 2.05) is 91.0 Å². The van der Waals surface area contributed by atoms with Crippen LogP contribution in [0.15, 0.2) is 91.0 Å². The lowest BCUT2D eigenvalue weighted by Gasteiger charge is -2.46. The smallest absolute Gasteiger partial charge is 0.306 e. The summed E-state index contributed by atoms with van der Waals surface area (Å²) in [6.07, 6.45) is 14.1. The summed E-state index contributed by atoms with van der Waals surface area (Å²) >= 11 is 0. The molecule has 0 heterocycles. The lowest BCUT2D eigenvalue weighted by Crippen LogP contribution is -2.58. The van der Waals surface area contributed by atoms with Crippen LogP contribution in [0.25, 0.3) is 0 Å². The highest BCUT2D eigenvalue weighted by Gasteiger charge is 2.52. The number of carboxylic acid groups (broad SMARTS) is 1. The number of hydrogen-bond acceptors (Lipinski definition) is 4. The van der Waals surface area contributed by atoms with Crippen LogP contribution in [0.2, 0.25) is 0 Å². The Morgan fingerprint density at radius 1 is 0.562 bits per heavy atom. The van der Waals surface area contributed by atoms with Crippen LogP contribution in [-0.2, 0) is 10.2 Å².